The second-order valence-electron chi connectivity index (χ2n) is 2.59. The van der Waals surface area contributed by atoms with Gasteiger partial charge in [-0.05, 0) is 18.9 Å². The first-order valence-corrected chi connectivity index (χ1v) is 3.41. The fraction of sp³-hybridized carbons (Fsp3) is 0.571. The van der Waals surface area contributed by atoms with Crippen LogP contribution in [0, 0.1) is 0 Å². The number of aliphatic carboxylic acids is 1. The van der Waals surface area contributed by atoms with Crippen LogP contribution in [0.5, 0.6) is 0 Å². The second-order valence-corrected chi connectivity index (χ2v) is 2.59. The van der Waals surface area contributed by atoms with E-state index in [0.717, 1.165) is 0 Å². The topological polar surface area (TPSA) is 77.8 Å². The van der Waals surface area contributed by atoms with Crippen molar-refractivity contribution in [3.63, 3.8) is 0 Å². The molecule has 0 aromatic rings. The first-order valence-electron chi connectivity index (χ1n) is 3.41. The molecule has 0 amide bonds. The third-order valence-electron chi connectivity index (χ3n) is 1.75. The SMILES string of the molecule is O=C(O)C1=CC(O)[C@H](O)CC1. The largest absolute Gasteiger partial charge is 0.478 e. The van der Waals surface area contributed by atoms with Crippen molar-refractivity contribution in [2.45, 2.75) is 25.0 Å². The van der Waals surface area contributed by atoms with Crippen molar-refractivity contribution in [3.8, 4) is 0 Å². The first kappa shape index (κ1) is 8.23. The molecule has 2 atom stereocenters. The maximum absolute atomic E-state index is 10.3. The summed E-state index contributed by atoms with van der Waals surface area (Å²) in [7, 11) is 0. The molecule has 0 heterocycles. The molecular formula is C7H10O4. The number of carboxylic acids is 1. The van der Waals surface area contributed by atoms with Crippen molar-refractivity contribution in [1.82, 2.24) is 0 Å². The molecule has 0 saturated carbocycles. The molecule has 0 bridgehead atoms. The molecule has 11 heavy (non-hydrogen) atoms. The average molecular weight is 158 g/mol. The van der Waals surface area contributed by atoms with Gasteiger partial charge in [0.1, 0.15) is 0 Å². The smallest absolute Gasteiger partial charge is 0.331 e. The quantitative estimate of drug-likeness (QED) is 0.481. The van der Waals surface area contributed by atoms with Crippen molar-refractivity contribution in [2.75, 3.05) is 0 Å². The number of carboxylic acid groups (broad SMARTS) is 1. The zero-order valence-electron chi connectivity index (χ0n) is 5.90. The van der Waals surface area contributed by atoms with E-state index < -0.39 is 18.2 Å². The molecule has 4 nitrogen and oxygen atoms in total. The highest BCUT2D eigenvalue weighted by Gasteiger charge is 2.23. The lowest BCUT2D eigenvalue weighted by Crippen LogP contribution is -2.28. The van der Waals surface area contributed by atoms with E-state index in [1.54, 1.807) is 0 Å². The molecule has 0 fully saturated rings. The summed E-state index contributed by atoms with van der Waals surface area (Å²) in [5.74, 6) is -1.02. The van der Waals surface area contributed by atoms with Gasteiger partial charge in [0, 0.05) is 5.57 Å². The summed E-state index contributed by atoms with van der Waals surface area (Å²) in [4.78, 5) is 10.3. The van der Waals surface area contributed by atoms with Gasteiger partial charge in [-0.3, -0.25) is 0 Å². The zero-order valence-corrected chi connectivity index (χ0v) is 5.90. The molecule has 1 rings (SSSR count). The molecule has 62 valence electrons. The summed E-state index contributed by atoms with van der Waals surface area (Å²) >= 11 is 0. The number of aliphatic hydroxyl groups is 2. The van der Waals surface area contributed by atoms with Crippen LogP contribution in [-0.4, -0.2) is 33.5 Å². The Labute approximate surface area is 63.8 Å². The third kappa shape index (κ3) is 1.78. The van der Waals surface area contributed by atoms with Crippen LogP contribution in [0.25, 0.3) is 0 Å². The summed E-state index contributed by atoms with van der Waals surface area (Å²) in [5.41, 5.74) is 0.183. The highest BCUT2D eigenvalue weighted by Crippen LogP contribution is 2.18. The molecule has 1 unspecified atom stereocenters. The van der Waals surface area contributed by atoms with Crippen molar-refractivity contribution >= 4 is 5.97 Å². The molecule has 0 spiro atoms. The van der Waals surface area contributed by atoms with E-state index in [4.69, 9.17) is 15.3 Å². The Hall–Kier alpha value is -0.870. The van der Waals surface area contributed by atoms with Gasteiger partial charge in [0.2, 0.25) is 0 Å². The van der Waals surface area contributed by atoms with Crippen LogP contribution in [-0.2, 0) is 4.79 Å². The molecule has 0 aromatic heterocycles. The Morgan fingerprint density at radius 2 is 2.18 bits per heavy atom. The maximum Gasteiger partial charge on any atom is 0.331 e. The van der Waals surface area contributed by atoms with Crippen LogP contribution in [0.3, 0.4) is 0 Å². The Bertz CT molecular complexity index is 197. The van der Waals surface area contributed by atoms with E-state index >= 15 is 0 Å². The van der Waals surface area contributed by atoms with Crippen molar-refractivity contribution in [2.24, 2.45) is 0 Å². The lowest BCUT2D eigenvalue weighted by molar-refractivity contribution is -0.133. The lowest BCUT2D eigenvalue weighted by atomic mass is 9.95. The molecule has 1 aliphatic carbocycles. The van der Waals surface area contributed by atoms with Crippen LogP contribution in [0.4, 0.5) is 0 Å². The Morgan fingerprint density at radius 3 is 2.64 bits per heavy atom. The number of hydrogen-bond acceptors (Lipinski definition) is 3. The highest BCUT2D eigenvalue weighted by atomic mass is 16.4. The normalized spacial score (nSPS) is 31.3. The predicted molar refractivity (Wildman–Crippen MR) is 37.0 cm³/mol. The minimum Gasteiger partial charge on any atom is -0.478 e. The van der Waals surface area contributed by atoms with E-state index in [2.05, 4.69) is 0 Å². The summed E-state index contributed by atoms with van der Waals surface area (Å²) in [6.07, 6.45) is 0.0107. The second kappa shape index (κ2) is 3.02. The van der Waals surface area contributed by atoms with E-state index in [0.29, 0.717) is 12.8 Å². The molecule has 1 aliphatic rings. The van der Waals surface area contributed by atoms with Crippen LogP contribution in [0.15, 0.2) is 11.6 Å². The van der Waals surface area contributed by atoms with Gasteiger partial charge >= 0.3 is 5.97 Å². The number of carbonyl (C=O) groups is 1. The zero-order chi connectivity index (χ0) is 8.43. The third-order valence-corrected chi connectivity index (χ3v) is 1.75. The molecule has 4 heteroatoms. The molecular weight excluding hydrogens is 148 g/mol. The fourth-order valence-electron chi connectivity index (χ4n) is 1.05. The van der Waals surface area contributed by atoms with E-state index in [-0.39, 0.29) is 5.57 Å². The average Bonchev–Trinajstić information content (AvgIpc) is 1.94. The van der Waals surface area contributed by atoms with Gasteiger partial charge < -0.3 is 15.3 Å². The summed E-state index contributed by atoms with van der Waals surface area (Å²) < 4.78 is 0. The molecule has 0 aromatic carbocycles. The highest BCUT2D eigenvalue weighted by molar-refractivity contribution is 5.86. The first-order chi connectivity index (χ1) is 5.11. The van der Waals surface area contributed by atoms with Crippen LogP contribution >= 0.6 is 0 Å². The number of rotatable bonds is 1. The van der Waals surface area contributed by atoms with Gasteiger partial charge in [-0.15, -0.1) is 0 Å². The van der Waals surface area contributed by atoms with Crippen molar-refractivity contribution in [3.05, 3.63) is 11.6 Å². The predicted octanol–water partition coefficient (Wildman–Crippen LogP) is -0.487. The van der Waals surface area contributed by atoms with Crippen LogP contribution in [0.2, 0.25) is 0 Å². The van der Waals surface area contributed by atoms with Gasteiger partial charge in [-0.1, -0.05) is 0 Å². The molecule has 0 saturated heterocycles. The van der Waals surface area contributed by atoms with Gasteiger partial charge in [0.15, 0.2) is 0 Å². The fourth-order valence-corrected chi connectivity index (χ4v) is 1.05. The van der Waals surface area contributed by atoms with Crippen molar-refractivity contribution in [1.29, 1.82) is 0 Å². The maximum atomic E-state index is 10.3. The summed E-state index contributed by atoms with van der Waals surface area (Å²) in [5, 5.41) is 26.5. The van der Waals surface area contributed by atoms with Gasteiger partial charge in [0.25, 0.3) is 0 Å². The molecule has 0 radical (unpaired) electrons. The Kier molecular flexibility index (Phi) is 2.26. The van der Waals surface area contributed by atoms with Gasteiger partial charge in [0.05, 0.1) is 12.2 Å². The molecule has 0 aliphatic heterocycles. The lowest BCUT2D eigenvalue weighted by Gasteiger charge is -2.20. The summed E-state index contributed by atoms with van der Waals surface area (Å²) in [6.45, 7) is 0. The minimum absolute atomic E-state index is 0.183. The van der Waals surface area contributed by atoms with Crippen LogP contribution < -0.4 is 0 Å². The number of hydrogen-bond donors (Lipinski definition) is 3. The Balaban J connectivity index is 2.71. The van der Waals surface area contributed by atoms with Crippen molar-refractivity contribution < 1.29 is 20.1 Å². The van der Waals surface area contributed by atoms with Crippen LogP contribution in [0.1, 0.15) is 12.8 Å². The van der Waals surface area contributed by atoms with Gasteiger partial charge in [-0.2, -0.15) is 0 Å². The summed E-state index contributed by atoms with van der Waals surface area (Å²) in [6, 6.07) is 0. The van der Waals surface area contributed by atoms with Gasteiger partial charge in [-0.25, -0.2) is 4.79 Å². The van der Waals surface area contributed by atoms with E-state index in [1.807, 2.05) is 0 Å². The van der Waals surface area contributed by atoms with E-state index in [9.17, 15) is 4.79 Å². The molecule has 3 N–H and O–H groups in total. The minimum atomic E-state index is -1.02. The Morgan fingerprint density at radius 1 is 1.55 bits per heavy atom. The number of aliphatic hydroxyl groups excluding tert-OH is 2. The monoisotopic (exact) mass is 158 g/mol. The van der Waals surface area contributed by atoms with E-state index in [1.165, 1.54) is 6.08 Å². The standard InChI is InChI=1S/C7H10O4/c8-5-2-1-4(7(10)11)3-6(5)9/h3,5-6,8-9H,1-2H2,(H,10,11)/t5-,6?/m1/s1.